The minimum Gasteiger partial charge on any atom is -0.497 e. The lowest BCUT2D eigenvalue weighted by atomic mass is 10.0. The highest BCUT2D eigenvalue weighted by atomic mass is 19.1. The Morgan fingerprint density at radius 2 is 1.48 bits per heavy atom. The van der Waals surface area contributed by atoms with Gasteiger partial charge in [0.25, 0.3) is 0 Å². The van der Waals surface area contributed by atoms with E-state index in [-0.39, 0.29) is 5.82 Å². The van der Waals surface area contributed by atoms with E-state index in [1.807, 2.05) is 24.3 Å². The number of rotatable bonds is 5. The van der Waals surface area contributed by atoms with Crippen LogP contribution in [0.3, 0.4) is 0 Å². The van der Waals surface area contributed by atoms with E-state index in [2.05, 4.69) is 18.1 Å². The van der Waals surface area contributed by atoms with Crippen molar-refractivity contribution in [3.05, 3.63) is 78.9 Å². The van der Waals surface area contributed by atoms with Crippen LogP contribution in [0.25, 0.3) is 34.7 Å². The van der Waals surface area contributed by atoms with Crippen molar-refractivity contribution >= 4 is 12.2 Å². The van der Waals surface area contributed by atoms with Crippen LogP contribution in [0.2, 0.25) is 0 Å². The molecular weight excluding hydrogens is 315 g/mol. The average Bonchev–Trinajstić information content (AvgIpc) is 2.67. The van der Waals surface area contributed by atoms with Crippen LogP contribution in [0.5, 0.6) is 5.75 Å². The summed E-state index contributed by atoms with van der Waals surface area (Å²) in [5.74, 6) is 0.420. The van der Waals surface area contributed by atoms with E-state index in [4.69, 9.17) is 9.72 Å². The van der Waals surface area contributed by atoms with Crippen molar-refractivity contribution in [2.24, 2.45) is 0 Å². The number of ether oxygens (including phenoxy) is 1. The number of halogens is 1. The van der Waals surface area contributed by atoms with E-state index >= 15 is 0 Å². The van der Waals surface area contributed by atoms with Gasteiger partial charge in [-0.3, -0.25) is 0 Å². The zero-order valence-corrected chi connectivity index (χ0v) is 13.9. The van der Waals surface area contributed by atoms with Gasteiger partial charge in [-0.1, -0.05) is 25.3 Å². The molecule has 0 radical (unpaired) electrons. The Balaban J connectivity index is 2.29. The van der Waals surface area contributed by atoms with Crippen LogP contribution < -0.4 is 4.74 Å². The number of benzene rings is 2. The molecule has 0 aliphatic carbocycles. The van der Waals surface area contributed by atoms with Gasteiger partial charge >= 0.3 is 0 Å². The zero-order valence-electron chi connectivity index (χ0n) is 13.9. The molecule has 0 aliphatic heterocycles. The second-order valence-electron chi connectivity index (χ2n) is 5.34. The molecule has 4 heteroatoms. The molecule has 124 valence electrons. The number of hydrogen-bond donors (Lipinski definition) is 0. The first-order valence-electron chi connectivity index (χ1n) is 7.73. The molecule has 0 aliphatic rings. The smallest absolute Gasteiger partial charge is 0.123 e. The van der Waals surface area contributed by atoms with Crippen molar-refractivity contribution < 1.29 is 9.13 Å². The van der Waals surface area contributed by atoms with Crippen LogP contribution in [-0.2, 0) is 0 Å². The second kappa shape index (κ2) is 7.09. The standard InChI is InChI=1S/C21H17FN2O/c1-4-18-19(5-2)24-21(15-7-6-8-17(13-15)25-3)20(23-18)14-9-11-16(22)12-10-14/h4-13H,1-2H2,3H3. The summed E-state index contributed by atoms with van der Waals surface area (Å²) < 4.78 is 18.6. The van der Waals surface area contributed by atoms with Crippen LogP contribution in [0.1, 0.15) is 11.4 Å². The molecule has 0 amide bonds. The highest BCUT2D eigenvalue weighted by molar-refractivity contribution is 5.80. The molecule has 0 fully saturated rings. The van der Waals surface area contributed by atoms with E-state index in [1.165, 1.54) is 12.1 Å². The van der Waals surface area contributed by atoms with Gasteiger partial charge in [0.1, 0.15) is 11.6 Å². The van der Waals surface area contributed by atoms with Crippen molar-refractivity contribution in [3.8, 4) is 28.3 Å². The number of hydrogen-bond acceptors (Lipinski definition) is 3. The van der Waals surface area contributed by atoms with E-state index < -0.39 is 0 Å². The summed E-state index contributed by atoms with van der Waals surface area (Å²) in [6.07, 6.45) is 3.27. The number of nitrogens with zero attached hydrogens (tertiary/aromatic N) is 2. The summed E-state index contributed by atoms with van der Waals surface area (Å²) >= 11 is 0. The molecule has 0 atom stereocenters. The summed E-state index contributed by atoms with van der Waals surface area (Å²) in [6, 6.07) is 13.7. The van der Waals surface area contributed by atoms with Gasteiger partial charge in [-0.05, 0) is 48.6 Å². The first-order valence-corrected chi connectivity index (χ1v) is 7.73. The van der Waals surface area contributed by atoms with Crippen molar-refractivity contribution in [1.29, 1.82) is 0 Å². The lowest BCUT2D eigenvalue weighted by molar-refractivity contribution is 0.415. The molecule has 3 nitrogen and oxygen atoms in total. The molecule has 0 saturated heterocycles. The molecular formula is C21H17FN2O. The lowest BCUT2D eigenvalue weighted by Crippen LogP contribution is -2.00. The third-order valence-electron chi connectivity index (χ3n) is 3.80. The van der Waals surface area contributed by atoms with Crippen molar-refractivity contribution in [1.82, 2.24) is 9.97 Å². The fourth-order valence-electron chi connectivity index (χ4n) is 2.54. The molecule has 3 rings (SSSR count). The van der Waals surface area contributed by atoms with Gasteiger partial charge in [0.05, 0.1) is 29.9 Å². The quantitative estimate of drug-likeness (QED) is 0.640. The summed E-state index contributed by atoms with van der Waals surface area (Å²) in [5, 5.41) is 0. The molecule has 1 heterocycles. The van der Waals surface area contributed by atoms with E-state index in [9.17, 15) is 4.39 Å². The Labute approximate surface area is 146 Å². The first-order chi connectivity index (χ1) is 12.2. The van der Waals surface area contributed by atoms with E-state index in [0.29, 0.717) is 22.8 Å². The predicted molar refractivity (Wildman–Crippen MR) is 99.6 cm³/mol. The van der Waals surface area contributed by atoms with Gasteiger partial charge in [0.15, 0.2) is 0 Å². The largest absolute Gasteiger partial charge is 0.497 e. The maximum atomic E-state index is 13.3. The third kappa shape index (κ3) is 3.33. The number of aromatic nitrogens is 2. The SMILES string of the molecule is C=Cc1nc(-c2ccc(F)cc2)c(-c2cccc(OC)c2)nc1C=C. The molecule has 0 spiro atoms. The van der Waals surface area contributed by atoms with E-state index in [0.717, 1.165) is 16.9 Å². The Morgan fingerprint density at radius 1 is 0.880 bits per heavy atom. The fourth-order valence-corrected chi connectivity index (χ4v) is 2.54. The fraction of sp³-hybridized carbons (Fsp3) is 0.0476. The zero-order chi connectivity index (χ0) is 17.8. The molecule has 3 aromatic rings. The van der Waals surface area contributed by atoms with Gasteiger partial charge < -0.3 is 4.74 Å². The number of methoxy groups -OCH3 is 1. The van der Waals surface area contributed by atoms with Gasteiger partial charge in [-0.15, -0.1) is 0 Å². The van der Waals surface area contributed by atoms with Gasteiger partial charge in [-0.2, -0.15) is 0 Å². The topological polar surface area (TPSA) is 35.0 Å². The second-order valence-corrected chi connectivity index (χ2v) is 5.34. The van der Waals surface area contributed by atoms with Crippen LogP contribution in [-0.4, -0.2) is 17.1 Å². The Bertz CT molecular complexity index is 933. The van der Waals surface area contributed by atoms with Gasteiger partial charge in [0, 0.05) is 11.1 Å². The molecule has 0 N–H and O–H groups in total. The Hall–Kier alpha value is -3.27. The van der Waals surface area contributed by atoms with Crippen LogP contribution in [0.15, 0.2) is 61.7 Å². The molecule has 2 aromatic carbocycles. The monoisotopic (exact) mass is 332 g/mol. The van der Waals surface area contributed by atoms with Gasteiger partial charge in [0.2, 0.25) is 0 Å². The molecule has 1 aromatic heterocycles. The normalized spacial score (nSPS) is 10.3. The van der Waals surface area contributed by atoms with Crippen molar-refractivity contribution in [3.63, 3.8) is 0 Å². The predicted octanol–water partition coefficient (Wildman–Crippen LogP) is 5.24. The van der Waals surface area contributed by atoms with Crippen LogP contribution in [0.4, 0.5) is 4.39 Å². The van der Waals surface area contributed by atoms with Crippen molar-refractivity contribution in [2.45, 2.75) is 0 Å². The maximum Gasteiger partial charge on any atom is 0.123 e. The minimum absolute atomic E-state index is 0.300. The van der Waals surface area contributed by atoms with Crippen molar-refractivity contribution in [2.75, 3.05) is 7.11 Å². The minimum atomic E-state index is -0.300. The lowest BCUT2D eigenvalue weighted by Gasteiger charge is -2.13. The van der Waals surface area contributed by atoms with Crippen LogP contribution in [0, 0.1) is 5.82 Å². The van der Waals surface area contributed by atoms with E-state index in [1.54, 1.807) is 31.4 Å². The first kappa shape index (κ1) is 16.6. The Morgan fingerprint density at radius 3 is 2.04 bits per heavy atom. The highest BCUT2D eigenvalue weighted by Gasteiger charge is 2.15. The highest BCUT2D eigenvalue weighted by Crippen LogP contribution is 2.32. The van der Waals surface area contributed by atoms with Gasteiger partial charge in [-0.25, -0.2) is 14.4 Å². The Kier molecular flexibility index (Phi) is 4.70. The molecule has 0 unspecified atom stereocenters. The summed E-state index contributed by atoms with van der Waals surface area (Å²) in [6.45, 7) is 7.59. The summed E-state index contributed by atoms with van der Waals surface area (Å²) in [4.78, 5) is 9.38. The summed E-state index contributed by atoms with van der Waals surface area (Å²) in [5.41, 5.74) is 4.20. The molecule has 0 saturated carbocycles. The molecule has 0 bridgehead atoms. The summed E-state index contributed by atoms with van der Waals surface area (Å²) in [7, 11) is 1.61. The maximum absolute atomic E-state index is 13.3. The van der Waals surface area contributed by atoms with Crippen LogP contribution >= 0.6 is 0 Å². The molecule has 25 heavy (non-hydrogen) atoms. The third-order valence-corrected chi connectivity index (χ3v) is 3.80. The average molecular weight is 332 g/mol.